The first-order valence-corrected chi connectivity index (χ1v) is 5.57. The minimum atomic E-state index is -0.742. The highest BCUT2D eigenvalue weighted by atomic mass is 16.7. The van der Waals surface area contributed by atoms with Crippen LogP contribution in [-0.2, 0) is 4.84 Å². The molecule has 1 fully saturated rings. The van der Waals surface area contributed by atoms with Crippen molar-refractivity contribution in [3.8, 4) is 0 Å². The van der Waals surface area contributed by atoms with Gasteiger partial charge in [-0.1, -0.05) is 0 Å². The summed E-state index contributed by atoms with van der Waals surface area (Å²) in [5.74, 6) is -0.584. The molecule has 1 saturated heterocycles. The van der Waals surface area contributed by atoms with Crippen LogP contribution in [0.5, 0.6) is 0 Å². The van der Waals surface area contributed by atoms with E-state index in [-0.39, 0.29) is 5.69 Å². The van der Waals surface area contributed by atoms with Gasteiger partial charge in [0.2, 0.25) is 0 Å². The fourth-order valence-corrected chi connectivity index (χ4v) is 1.60. The summed E-state index contributed by atoms with van der Waals surface area (Å²) >= 11 is 0. The maximum atomic E-state index is 11.7. The first kappa shape index (κ1) is 12.5. The van der Waals surface area contributed by atoms with E-state index in [9.17, 15) is 9.59 Å². The zero-order valence-electron chi connectivity index (χ0n) is 10.1. The quantitative estimate of drug-likeness (QED) is 0.736. The van der Waals surface area contributed by atoms with Crippen LogP contribution in [0.3, 0.4) is 0 Å². The van der Waals surface area contributed by atoms with Crippen molar-refractivity contribution in [1.29, 1.82) is 0 Å². The summed E-state index contributed by atoms with van der Waals surface area (Å²) in [4.78, 5) is 29.8. The Morgan fingerprint density at radius 3 is 2.56 bits per heavy atom. The number of primary amides is 1. The molecule has 1 aliphatic rings. The number of hydroxylamine groups is 2. The standard InChI is InChI=1S/C10H15N5O3/c1-13-4-6-14(7-5-13)18-9(16)8-2-3-15(12-8)10(11)17/h2-3H,4-7H2,1H3,(H2,11,17). The summed E-state index contributed by atoms with van der Waals surface area (Å²) in [5, 5.41) is 5.31. The molecule has 1 aromatic rings. The van der Waals surface area contributed by atoms with Gasteiger partial charge in [-0.25, -0.2) is 9.59 Å². The maximum absolute atomic E-state index is 11.7. The Hall–Kier alpha value is -1.93. The van der Waals surface area contributed by atoms with Gasteiger partial charge < -0.3 is 15.5 Å². The molecule has 0 radical (unpaired) electrons. The molecule has 0 aromatic carbocycles. The lowest BCUT2D eigenvalue weighted by molar-refractivity contribution is -0.128. The number of amides is 1. The van der Waals surface area contributed by atoms with E-state index < -0.39 is 12.0 Å². The van der Waals surface area contributed by atoms with Gasteiger partial charge in [0.05, 0.1) is 0 Å². The zero-order valence-corrected chi connectivity index (χ0v) is 10.1. The summed E-state index contributed by atoms with van der Waals surface area (Å²) in [7, 11) is 2.01. The van der Waals surface area contributed by atoms with Crippen LogP contribution < -0.4 is 5.73 Å². The number of carbonyl (C=O) groups is 2. The van der Waals surface area contributed by atoms with Gasteiger partial charge in [0.1, 0.15) is 0 Å². The van der Waals surface area contributed by atoms with E-state index in [1.54, 1.807) is 5.06 Å². The molecule has 0 spiro atoms. The van der Waals surface area contributed by atoms with E-state index in [4.69, 9.17) is 10.6 Å². The molecule has 1 aliphatic heterocycles. The van der Waals surface area contributed by atoms with Gasteiger partial charge in [-0.15, -0.1) is 5.06 Å². The highest BCUT2D eigenvalue weighted by molar-refractivity contribution is 5.87. The fourth-order valence-electron chi connectivity index (χ4n) is 1.60. The number of nitrogens with zero attached hydrogens (tertiary/aromatic N) is 4. The third kappa shape index (κ3) is 2.84. The average Bonchev–Trinajstić information content (AvgIpc) is 2.81. The molecule has 8 heteroatoms. The summed E-state index contributed by atoms with van der Waals surface area (Å²) < 4.78 is 0.889. The van der Waals surface area contributed by atoms with Crippen LogP contribution in [0.2, 0.25) is 0 Å². The second-order valence-electron chi connectivity index (χ2n) is 4.09. The highest BCUT2D eigenvalue weighted by Crippen LogP contribution is 2.04. The van der Waals surface area contributed by atoms with Crippen molar-refractivity contribution in [3.05, 3.63) is 18.0 Å². The highest BCUT2D eigenvalue weighted by Gasteiger charge is 2.20. The molecular formula is C10H15N5O3. The normalized spacial score (nSPS) is 17.6. The van der Waals surface area contributed by atoms with Crippen LogP contribution in [0.4, 0.5) is 4.79 Å². The number of likely N-dealkylation sites (N-methyl/N-ethyl adjacent to an activating group) is 1. The lowest BCUT2D eigenvalue weighted by Crippen LogP contribution is -2.45. The van der Waals surface area contributed by atoms with Crippen molar-refractivity contribution in [2.45, 2.75) is 0 Å². The Kier molecular flexibility index (Phi) is 3.58. The number of hydrogen-bond acceptors (Lipinski definition) is 6. The van der Waals surface area contributed by atoms with Crippen LogP contribution in [-0.4, -0.2) is 65.0 Å². The second kappa shape index (κ2) is 5.15. The molecule has 0 aliphatic carbocycles. The summed E-state index contributed by atoms with van der Waals surface area (Å²) in [6.07, 6.45) is 1.32. The monoisotopic (exact) mass is 253 g/mol. The molecule has 1 amide bonds. The first-order valence-electron chi connectivity index (χ1n) is 5.57. The zero-order chi connectivity index (χ0) is 13.1. The largest absolute Gasteiger partial charge is 0.377 e. The van der Waals surface area contributed by atoms with Crippen LogP contribution in [0.15, 0.2) is 12.3 Å². The molecule has 2 N–H and O–H groups in total. The predicted molar refractivity (Wildman–Crippen MR) is 61.7 cm³/mol. The van der Waals surface area contributed by atoms with E-state index in [0.29, 0.717) is 13.1 Å². The third-order valence-electron chi connectivity index (χ3n) is 2.70. The van der Waals surface area contributed by atoms with Crippen molar-refractivity contribution in [1.82, 2.24) is 19.7 Å². The number of piperazine rings is 1. The summed E-state index contributed by atoms with van der Waals surface area (Å²) in [6.45, 7) is 2.98. The van der Waals surface area contributed by atoms with E-state index in [0.717, 1.165) is 17.8 Å². The summed E-state index contributed by atoms with van der Waals surface area (Å²) in [5.41, 5.74) is 5.08. The van der Waals surface area contributed by atoms with Crippen molar-refractivity contribution < 1.29 is 14.4 Å². The molecule has 0 atom stereocenters. The Labute approximate surface area is 104 Å². The molecular weight excluding hydrogens is 238 g/mol. The van der Waals surface area contributed by atoms with Crippen LogP contribution in [0, 0.1) is 0 Å². The van der Waals surface area contributed by atoms with Gasteiger partial charge in [0, 0.05) is 32.4 Å². The molecule has 0 bridgehead atoms. The molecule has 2 heterocycles. The minimum Gasteiger partial charge on any atom is -0.363 e. The number of carbonyl (C=O) groups excluding carboxylic acids is 2. The molecule has 8 nitrogen and oxygen atoms in total. The second-order valence-corrected chi connectivity index (χ2v) is 4.09. The van der Waals surface area contributed by atoms with E-state index in [1.165, 1.54) is 12.3 Å². The van der Waals surface area contributed by atoms with E-state index in [2.05, 4.69) is 10.00 Å². The Bertz CT molecular complexity index is 450. The van der Waals surface area contributed by atoms with Gasteiger partial charge in [-0.2, -0.15) is 9.78 Å². The molecule has 18 heavy (non-hydrogen) atoms. The minimum absolute atomic E-state index is 0.0627. The van der Waals surface area contributed by atoms with Crippen molar-refractivity contribution in [2.75, 3.05) is 33.2 Å². The third-order valence-corrected chi connectivity index (χ3v) is 2.70. The SMILES string of the molecule is CN1CCN(OC(=O)c2ccn(C(N)=O)n2)CC1. The van der Waals surface area contributed by atoms with Gasteiger partial charge in [0.15, 0.2) is 5.69 Å². The van der Waals surface area contributed by atoms with Gasteiger partial charge in [-0.05, 0) is 13.1 Å². The van der Waals surface area contributed by atoms with Gasteiger partial charge in [0.25, 0.3) is 0 Å². The lowest BCUT2D eigenvalue weighted by atomic mass is 10.4. The summed E-state index contributed by atoms with van der Waals surface area (Å²) in [6, 6.07) is 0.650. The smallest absolute Gasteiger partial charge is 0.363 e. The fraction of sp³-hybridized carbons (Fsp3) is 0.500. The molecule has 1 aromatic heterocycles. The Morgan fingerprint density at radius 1 is 1.33 bits per heavy atom. The van der Waals surface area contributed by atoms with Crippen LogP contribution in [0.25, 0.3) is 0 Å². The van der Waals surface area contributed by atoms with E-state index in [1.807, 2.05) is 7.05 Å². The van der Waals surface area contributed by atoms with Crippen molar-refractivity contribution >= 4 is 12.0 Å². The number of rotatable bonds is 2. The van der Waals surface area contributed by atoms with Crippen LogP contribution >= 0.6 is 0 Å². The van der Waals surface area contributed by atoms with Crippen LogP contribution in [0.1, 0.15) is 10.5 Å². The number of aromatic nitrogens is 2. The predicted octanol–water partition coefficient (Wildman–Crippen LogP) is -0.871. The first-order chi connectivity index (χ1) is 8.56. The number of hydrogen-bond donors (Lipinski definition) is 1. The Morgan fingerprint density at radius 2 is 2.00 bits per heavy atom. The Balaban J connectivity index is 1.93. The van der Waals surface area contributed by atoms with Gasteiger partial charge in [-0.3, -0.25) is 0 Å². The molecule has 2 rings (SSSR count). The van der Waals surface area contributed by atoms with Gasteiger partial charge >= 0.3 is 12.0 Å². The topological polar surface area (TPSA) is 93.7 Å². The number of nitrogens with two attached hydrogens (primary N) is 1. The lowest BCUT2D eigenvalue weighted by Gasteiger charge is -2.30. The van der Waals surface area contributed by atoms with Crippen molar-refractivity contribution in [2.24, 2.45) is 5.73 Å². The molecule has 0 unspecified atom stereocenters. The van der Waals surface area contributed by atoms with Crippen molar-refractivity contribution in [3.63, 3.8) is 0 Å². The maximum Gasteiger partial charge on any atom is 0.377 e. The van der Waals surface area contributed by atoms with E-state index >= 15 is 0 Å². The average molecular weight is 253 g/mol. The molecule has 0 saturated carbocycles. The molecule has 98 valence electrons.